The normalized spacial score (nSPS) is 22.2. The monoisotopic (exact) mass is 339 g/mol. The number of piperidine rings is 1. The molecule has 5 heteroatoms. The zero-order valence-electron chi connectivity index (χ0n) is 14.6. The third-order valence-corrected chi connectivity index (χ3v) is 5.31. The molecule has 3 heterocycles. The van der Waals surface area contributed by atoms with Crippen LogP contribution in [0, 0.1) is 5.92 Å². The molecule has 0 bridgehead atoms. The molecule has 1 atom stereocenters. The van der Waals surface area contributed by atoms with Crippen LogP contribution in [0.1, 0.15) is 23.2 Å². The Bertz CT molecular complexity index is 737. The van der Waals surface area contributed by atoms with Gasteiger partial charge in [-0.05, 0) is 30.9 Å². The van der Waals surface area contributed by atoms with E-state index in [9.17, 15) is 4.79 Å². The van der Waals surface area contributed by atoms with Crippen LogP contribution in [0.15, 0.2) is 36.5 Å². The fourth-order valence-electron chi connectivity index (χ4n) is 4.00. The predicted molar refractivity (Wildman–Crippen MR) is 97.6 cm³/mol. The van der Waals surface area contributed by atoms with Crippen LogP contribution in [-0.2, 0) is 4.74 Å². The lowest BCUT2D eigenvalue weighted by molar-refractivity contribution is 0.0224. The highest BCUT2D eigenvalue weighted by Gasteiger charge is 2.27. The van der Waals surface area contributed by atoms with Crippen molar-refractivity contribution in [1.29, 1.82) is 0 Å². The van der Waals surface area contributed by atoms with Gasteiger partial charge in [-0.1, -0.05) is 18.2 Å². The van der Waals surface area contributed by atoms with E-state index in [-0.39, 0.29) is 5.91 Å². The summed E-state index contributed by atoms with van der Waals surface area (Å²) in [6, 6.07) is 9.74. The number of carbonyl (C=O) groups is 1. The molecule has 25 heavy (non-hydrogen) atoms. The third kappa shape index (κ3) is 3.67. The minimum absolute atomic E-state index is 0.144. The van der Waals surface area contributed by atoms with E-state index in [1.54, 1.807) is 6.20 Å². The van der Waals surface area contributed by atoms with E-state index < -0.39 is 0 Å². The Kier molecular flexibility index (Phi) is 4.95. The van der Waals surface area contributed by atoms with Crippen molar-refractivity contribution in [3.8, 4) is 0 Å². The molecule has 5 nitrogen and oxygen atoms in total. The summed E-state index contributed by atoms with van der Waals surface area (Å²) in [4.78, 5) is 22.0. The third-order valence-electron chi connectivity index (χ3n) is 5.31. The molecule has 1 aromatic heterocycles. The van der Waals surface area contributed by atoms with Crippen molar-refractivity contribution in [2.24, 2.45) is 5.92 Å². The molecule has 0 radical (unpaired) electrons. The van der Waals surface area contributed by atoms with Crippen LogP contribution < -0.4 is 0 Å². The molecule has 2 fully saturated rings. The average molecular weight is 339 g/mol. The number of para-hydroxylation sites is 1. The molecule has 1 unspecified atom stereocenters. The van der Waals surface area contributed by atoms with Gasteiger partial charge in [-0.3, -0.25) is 14.7 Å². The number of hydrogen-bond donors (Lipinski definition) is 0. The van der Waals surface area contributed by atoms with Gasteiger partial charge in [0.15, 0.2) is 0 Å². The minimum atomic E-state index is 0.144. The van der Waals surface area contributed by atoms with E-state index >= 15 is 0 Å². The molecule has 2 aromatic rings. The van der Waals surface area contributed by atoms with Crippen molar-refractivity contribution in [3.05, 3.63) is 42.1 Å². The van der Waals surface area contributed by atoms with Gasteiger partial charge >= 0.3 is 0 Å². The Morgan fingerprint density at radius 2 is 2.00 bits per heavy atom. The molecule has 2 aliphatic rings. The van der Waals surface area contributed by atoms with Crippen molar-refractivity contribution in [1.82, 2.24) is 14.8 Å². The van der Waals surface area contributed by atoms with Crippen molar-refractivity contribution >= 4 is 16.8 Å². The Morgan fingerprint density at radius 1 is 1.16 bits per heavy atom. The quantitative estimate of drug-likeness (QED) is 0.862. The number of fused-ring (bicyclic) bond motifs is 1. The molecule has 0 spiro atoms. The van der Waals surface area contributed by atoms with E-state index in [0.717, 1.165) is 68.8 Å². The Morgan fingerprint density at radius 3 is 2.88 bits per heavy atom. The summed E-state index contributed by atoms with van der Waals surface area (Å²) in [6.07, 6.45) is 4.03. The lowest BCUT2D eigenvalue weighted by Gasteiger charge is -2.37. The fourth-order valence-corrected chi connectivity index (χ4v) is 4.00. The zero-order chi connectivity index (χ0) is 17.1. The Hall–Kier alpha value is -1.98. The largest absolute Gasteiger partial charge is 0.379 e. The highest BCUT2D eigenvalue weighted by atomic mass is 16.5. The highest BCUT2D eigenvalue weighted by molar-refractivity contribution is 6.05. The predicted octanol–water partition coefficient (Wildman–Crippen LogP) is 2.42. The lowest BCUT2D eigenvalue weighted by Crippen LogP contribution is -2.46. The number of likely N-dealkylation sites (tertiary alicyclic amines) is 1. The number of amides is 1. The number of morpholine rings is 1. The molecule has 0 aliphatic carbocycles. The number of rotatable bonds is 3. The van der Waals surface area contributed by atoms with Crippen LogP contribution in [0.3, 0.4) is 0 Å². The summed E-state index contributed by atoms with van der Waals surface area (Å²) in [5, 5.41) is 0.949. The number of hydrogen-bond acceptors (Lipinski definition) is 4. The number of pyridine rings is 1. The molecular weight excluding hydrogens is 314 g/mol. The highest BCUT2D eigenvalue weighted by Crippen LogP contribution is 2.23. The summed E-state index contributed by atoms with van der Waals surface area (Å²) < 4.78 is 5.43. The van der Waals surface area contributed by atoms with Gasteiger partial charge in [0.1, 0.15) is 0 Å². The van der Waals surface area contributed by atoms with Crippen molar-refractivity contribution in [2.75, 3.05) is 45.9 Å². The first-order valence-electron chi connectivity index (χ1n) is 9.24. The van der Waals surface area contributed by atoms with Gasteiger partial charge in [0.2, 0.25) is 0 Å². The fraction of sp³-hybridized carbons (Fsp3) is 0.500. The van der Waals surface area contributed by atoms with Crippen LogP contribution in [0.4, 0.5) is 0 Å². The number of ether oxygens (including phenoxy) is 1. The average Bonchev–Trinajstić information content (AvgIpc) is 2.68. The number of nitrogens with zero attached hydrogens (tertiary/aromatic N) is 3. The molecule has 1 aromatic carbocycles. The van der Waals surface area contributed by atoms with Gasteiger partial charge in [-0.15, -0.1) is 0 Å². The Labute approximate surface area is 148 Å². The molecule has 1 amide bonds. The second-order valence-electron chi connectivity index (χ2n) is 7.05. The van der Waals surface area contributed by atoms with Crippen molar-refractivity contribution in [3.63, 3.8) is 0 Å². The second kappa shape index (κ2) is 7.50. The number of carbonyl (C=O) groups excluding carboxylic acids is 1. The van der Waals surface area contributed by atoms with E-state index in [4.69, 9.17) is 4.74 Å². The van der Waals surface area contributed by atoms with Crippen LogP contribution in [0.5, 0.6) is 0 Å². The standard InChI is InChI=1S/C20H25N3O2/c24-20(18-7-8-21-19-6-2-1-5-17(18)19)23-9-3-4-16(15-23)14-22-10-12-25-13-11-22/h1-2,5-8,16H,3-4,9-15H2. The molecule has 2 saturated heterocycles. The molecule has 2 aliphatic heterocycles. The van der Waals surface area contributed by atoms with Gasteiger partial charge in [-0.25, -0.2) is 0 Å². The number of benzene rings is 1. The first-order chi connectivity index (χ1) is 12.3. The zero-order valence-corrected chi connectivity index (χ0v) is 14.6. The van der Waals surface area contributed by atoms with Gasteiger partial charge in [0, 0.05) is 44.3 Å². The van der Waals surface area contributed by atoms with Crippen LogP contribution in [-0.4, -0.2) is 66.6 Å². The van der Waals surface area contributed by atoms with E-state index in [1.807, 2.05) is 35.2 Å². The van der Waals surface area contributed by atoms with E-state index in [2.05, 4.69) is 9.88 Å². The van der Waals surface area contributed by atoms with Crippen molar-refractivity contribution in [2.45, 2.75) is 12.8 Å². The van der Waals surface area contributed by atoms with Gasteiger partial charge < -0.3 is 9.64 Å². The van der Waals surface area contributed by atoms with Gasteiger partial charge in [0.25, 0.3) is 5.91 Å². The topological polar surface area (TPSA) is 45.7 Å². The molecule has 132 valence electrons. The Balaban J connectivity index is 1.47. The van der Waals surface area contributed by atoms with Crippen molar-refractivity contribution < 1.29 is 9.53 Å². The molecule has 0 saturated carbocycles. The SMILES string of the molecule is O=C(c1ccnc2ccccc12)N1CCCC(CN2CCOCC2)C1. The van der Waals surface area contributed by atoms with Crippen LogP contribution in [0.2, 0.25) is 0 Å². The van der Waals surface area contributed by atoms with Crippen LogP contribution >= 0.6 is 0 Å². The second-order valence-corrected chi connectivity index (χ2v) is 7.05. The summed E-state index contributed by atoms with van der Waals surface area (Å²) in [7, 11) is 0. The minimum Gasteiger partial charge on any atom is -0.379 e. The molecule has 0 N–H and O–H groups in total. The first kappa shape index (κ1) is 16.5. The maximum atomic E-state index is 13.1. The maximum Gasteiger partial charge on any atom is 0.254 e. The summed E-state index contributed by atoms with van der Waals surface area (Å²) in [5.74, 6) is 0.703. The van der Waals surface area contributed by atoms with E-state index in [1.165, 1.54) is 6.42 Å². The smallest absolute Gasteiger partial charge is 0.254 e. The number of aromatic nitrogens is 1. The summed E-state index contributed by atoms with van der Waals surface area (Å²) in [5.41, 5.74) is 1.66. The first-order valence-corrected chi connectivity index (χ1v) is 9.24. The van der Waals surface area contributed by atoms with E-state index in [0.29, 0.717) is 5.92 Å². The maximum absolute atomic E-state index is 13.1. The van der Waals surface area contributed by atoms with Gasteiger partial charge in [-0.2, -0.15) is 0 Å². The lowest BCUT2D eigenvalue weighted by atomic mass is 9.96. The summed E-state index contributed by atoms with van der Waals surface area (Å²) in [6.45, 7) is 6.47. The molecular formula is C20H25N3O2. The molecule has 4 rings (SSSR count). The van der Waals surface area contributed by atoms with Crippen LogP contribution in [0.25, 0.3) is 10.9 Å². The van der Waals surface area contributed by atoms with Gasteiger partial charge in [0.05, 0.1) is 24.3 Å². The summed E-state index contributed by atoms with van der Waals surface area (Å²) >= 11 is 0.